The van der Waals surface area contributed by atoms with Gasteiger partial charge in [0.1, 0.15) is 11.0 Å². The van der Waals surface area contributed by atoms with E-state index in [-0.39, 0.29) is 11.0 Å². The Morgan fingerprint density at radius 2 is 1.64 bits per heavy atom. The third-order valence-corrected chi connectivity index (χ3v) is 5.78. The average molecular weight is 472 g/mol. The fraction of sp³-hybridized carbons (Fsp3) is 0.0400. The minimum atomic E-state index is -0.313. The first kappa shape index (κ1) is 21.1. The average Bonchev–Trinajstić information content (AvgIpc) is 3.23. The van der Waals surface area contributed by atoms with Crippen LogP contribution in [0.4, 0.5) is 5.69 Å². The van der Waals surface area contributed by atoms with Gasteiger partial charge in [-0.2, -0.15) is 4.80 Å². The zero-order chi connectivity index (χ0) is 22.9. The van der Waals surface area contributed by atoms with E-state index in [0.717, 1.165) is 22.0 Å². The maximum atomic E-state index is 12.9. The molecule has 6 nitrogen and oxygen atoms in total. The lowest BCUT2D eigenvalue weighted by molar-refractivity contribution is 0.0979. The molecule has 5 rings (SSSR count). The number of amides is 1. The first-order chi connectivity index (χ1) is 16.0. The van der Waals surface area contributed by atoms with E-state index < -0.39 is 0 Å². The second kappa shape index (κ2) is 8.61. The van der Waals surface area contributed by atoms with Crippen LogP contribution in [0.2, 0.25) is 5.02 Å². The molecule has 1 heterocycles. The minimum absolute atomic E-state index is 0.185. The van der Waals surface area contributed by atoms with E-state index in [0.29, 0.717) is 21.8 Å². The molecule has 1 amide bonds. The van der Waals surface area contributed by atoms with Crippen molar-refractivity contribution in [3.05, 3.63) is 95.0 Å². The molecule has 2 N–H and O–H groups in total. The van der Waals surface area contributed by atoms with Crippen molar-refractivity contribution in [2.75, 3.05) is 5.32 Å². The fourth-order valence-corrected chi connectivity index (χ4v) is 4.04. The molecule has 0 aliphatic rings. The predicted octanol–water partition coefficient (Wildman–Crippen LogP) is 5.66. The van der Waals surface area contributed by atoms with Crippen molar-refractivity contribution in [1.82, 2.24) is 20.3 Å². The van der Waals surface area contributed by atoms with E-state index in [9.17, 15) is 4.79 Å². The Labute approximate surface area is 200 Å². The minimum Gasteiger partial charge on any atom is -0.332 e. The SMILES string of the molecule is Cc1ccc(-n2nc3ccc(NC(=S)NC(=O)c4cccc5c(Cl)cccc45)cc3n2)cc1. The summed E-state index contributed by atoms with van der Waals surface area (Å²) in [4.78, 5) is 14.5. The summed E-state index contributed by atoms with van der Waals surface area (Å²) in [7, 11) is 0. The number of rotatable bonds is 3. The van der Waals surface area contributed by atoms with Gasteiger partial charge in [0.05, 0.1) is 5.69 Å². The van der Waals surface area contributed by atoms with Gasteiger partial charge in [-0.3, -0.25) is 10.1 Å². The summed E-state index contributed by atoms with van der Waals surface area (Å²) in [5, 5.41) is 17.2. The lowest BCUT2D eigenvalue weighted by Gasteiger charge is -2.11. The second-order valence-corrected chi connectivity index (χ2v) is 8.39. The largest absolute Gasteiger partial charge is 0.332 e. The van der Waals surface area contributed by atoms with Gasteiger partial charge >= 0.3 is 0 Å². The Morgan fingerprint density at radius 1 is 0.909 bits per heavy atom. The standard InChI is InChI=1S/C25H18ClN5OS/c1-15-8-11-17(12-9-15)31-29-22-13-10-16(14-23(22)30-31)27-25(33)28-24(32)20-6-2-5-19-18(20)4-3-7-21(19)26/h2-14H,1H3,(H2,27,28,32,33). The second-order valence-electron chi connectivity index (χ2n) is 7.58. The van der Waals surface area contributed by atoms with Crippen molar-refractivity contribution in [2.24, 2.45) is 0 Å². The highest BCUT2D eigenvalue weighted by Gasteiger charge is 2.13. The van der Waals surface area contributed by atoms with E-state index in [1.165, 1.54) is 5.56 Å². The molecule has 0 spiro atoms. The summed E-state index contributed by atoms with van der Waals surface area (Å²) in [6, 6.07) is 24.4. The number of halogens is 1. The molecular formula is C25H18ClN5OS. The van der Waals surface area contributed by atoms with Gasteiger partial charge in [-0.1, -0.05) is 53.6 Å². The molecule has 1 aromatic heterocycles. The molecule has 0 saturated carbocycles. The highest BCUT2D eigenvalue weighted by Crippen LogP contribution is 2.26. The number of thiocarbonyl (C=S) groups is 1. The highest BCUT2D eigenvalue weighted by atomic mass is 35.5. The van der Waals surface area contributed by atoms with Gasteiger partial charge in [0.2, 0.25) is 0 Å². The van der Waals surface area contributed by atoms with Gasteiger partial charge in [0, 0.05) is 21.7 Å². The number of anilines is 1. The van der Waals surface area contributed by atoms with Gasteiger partial charge in [-0.15, -0.1) is 10.2 Å². The number of benzene rings is 4. The van der Waals surface area contributed by atoms with Crippen LogP contribution in [0.25, 0.3) is 27.5 Å². The van der Waals surface area contributed by atoms with Crippen LogP contribution in [0.5, 0.6) is 0 Å². The molecule has 5 aromatic rings. The topological polar surface area (TPSA) is 71.8 Å². The van der Waals surface area contributed by atoms with E-state index >= 15 is 0 Å². The van der Waals surface area contributed by atoms with Gasteiger partial charge in [0.25, 0.3) is 5.91 Å². The van der Waals surface area contributed by atoms with Gasteiger partial charge in [0.15, 0.2) is 5.11 Å². The maximum Gasteiger partial charge on any atom is 0.258 e. The molecule has 0 radical (unpaired) electrons. The van der Waals surface area contributed by atoms with Crippen molar-refractivity contribution in [3.63, 3.8) is 0 Å². The van der Waals surface area contributed by atoms with Crippen molar-refractivity contribution >= 4 is 62.3 Å². The van der Waals surface area contributed by atoms with E-state index in [2.05, 4.69) is 20.8 Å². The Balaban J connectivity index is 1.33. The normalized spacial score (nSPS) is 11.0. The first-order valence-electron chi connectivity index (χ1n) is 10.2. The maximum absolute atomic E-state index is 12.9. The Morgan fingerprint density at radius 3 is 2.45 bits per heavy atom. The Kier molecular flexibility index (Phi) is 5.50. The molecule has 8 heteroatoms. The fourth-order valence-electron chi connectivity index (χ4n) is 3.59. The van der Waals surface area contributed by atoms with E-state index in [1.807, 2.05) is 67.6 Å². The molecule has 0 atom stereocenters. The van der Waals surface area contributed by atoms with Crippen molar-refractivity contribution in [1.29, 1.82) is 0 Å². The van der Waals surface area contributed by atoms with Crippen LogP contribution in [0.1, 0.15) is 15.9 Å². The van der Waals surface area contributed by atoms with Crippen LogP contribution in [0, 0.1) is 6.92 Å². The smallest absolute Gasteiger partial charge is 0.258 e. The molecule has 0 aliphatic carbocycles. The number of carbonyl (C=O) groups excluding carboxylic acids is 1. The molecule has 0 fully saturated rings. The zero-order valence-electron chi connectivity index (χ0n) is 17.5. The first-order valence-corrected chi connectivity index (χ1v) is 11.0. The van der Waals surface area contributed by atoms with E-state index in [4.69, 9.17) is 23.8 Å². The van der Waals surface area contributed by atoms with Crippen LogP contribution >= 0.6 is 23.8 Å². The zero-order valence-corrected chi connectivity index (χ0v) is 19.1. The third kappa shape index (κ3) is 4.28. The summed E-state index contributed by atoms with van der Waals surface area (Å²) >= 11 is 11.6. The molecule has 162 valence electrons. The predicted molar refractivity (Wildman–Crippen MR) is 136 cm³/mol. The Hall–Kier alpha value is -3.81. The van der Waals surface area contributed by atoms with Gasteiger partial charge in [-0.25, -0.2) is 0 Å². The number of aryl methyl sites for hydroxylation is 1. The molecule has 0 aliphatic heterocycles. The number of aromatic nitrogens is 3. The van der Waals surface area contributed by atoms with Crippen LogP contribution < -0.4 is 10.6 Å². The summed E-state index contributed by atoms with van der Waals surface area (Å²) in [6.07, 6.45) is 0. The van der Waals surface area contributed by atoms with Crippen LogP contribution in [-0.4, -0.2) is 26.0 Å². The molecular weight excluding hydrogens is 454 g/mol. The molecule has 0 saturated heterocycles. The molecule has 33 heavy (non-hydrogen) atoms. The number of carbonyl (C=O) groups is 1. The molecule has 4 aromatic carbocycles. The van der Waals surface area contributed by atoms with Gasteiger partial charge < -0.3 is 5.32 Å². The van der Waals surface area contributed by atoms with Crippen molar-refractivity contribution in [3.8, 4) is 5.69 Å². The number of nitrogens with one attached hydrogen (secondary N) is 2. The molecule has 0 bridgehead atoms. The number of hydrogen-bond donors (Lipinski definition) is 2. The van der Waals surface area contributed by atoms with Crippen LogP contribution in [-0.2, 0) is 0 Å². The number of nitrogens with zero attached hydrogens (tertiary/aromatic N) is 3. The summed E-state index contributed by atoms with van der Waals surface area (Å²) in [5.74, 6) is -0.313. The van der Waals surface area contributed by atoms with E-state index in [1.54, 1.807) is 23.0 Å². The monoisotopic (exact) mass is 471 g/mol. The summed E-state index contributed by atoms with van der Waals surface area (Å²) < 4.78 is 0. The summed E-state index contributed by atoms with van der Waals surface area (Å²) in [5.41, 5.74) is 4.70. The third-order valence-electron chi connectivity index (χ3n) is 5.24. The highest BCUT2D eigenvalue weighted by molar-refractivity contribution is 7.80. The lowest BCUT2D eigenvalue weighted by atomic mass is 10.0. The lowest BCUT2D eigenvalue weighted by Crippen LogP contribution is -2.34. The number of fused-ring (bicyclic) bond motifs is 2. The van der Waals surface area contributed by atoms with Crippen LogP contribution in [0.15, 0.2) is 78.9 Å². The summed E-state index contributed by atoms with van der Waals surface area (Å²) in [6.45, 7) is 2.03. The van der Waals surface area contributed by atoms with Crippen molar-refractivity contribution < 1.29 is 4.79 Å². The van der Waals surface area contributed by atoms with Crippen LogP contribution in [0.3, 0.4) is 0 Å². The number of hydrogen-bond acceptors (Lipinski definition) is 4. The molecule has 0 unspecified atom stereocenters. The quantitative estimate of drug-likeness (QED) is 0.332. The van der Waals surface area contributed by atoms with Gasteiger partial charge in [-0.05, 0) is 67.0 Å². The Bertz CT molecular complexity index is 1530. The van der Waals surface area contributed by atoms with Crippen molar-refractivity contribution in [2.45, 2.75) is 6.92 Å².